The average molecular weight is 595 g/mol. The van der Waals surface area contributed by atoms with Crippen molar-refractivity contribution in [3.63, 3.8) is 0 Å². The molecular weight excluding hydrogens is 556 g/mol. The molecule has 0 amide bonds. The van der Waals surface area contributed by atoms with Crippen molar-refractivity contribution in [1.82, 2.24) is 18.8 Å². The van der Waals surface area contributed by atoms with Gasteiger partial charge in [-0.25, -0.2) is 17.4 Å². The number of aliphatic hydroxyl groups is 1. The van der Waals surface area contributed by atoms with Crippen LogP contribution in [0.5, 0.6) is 0 Å². The highest BCUT2D eigenvalue weighted by molar-refractivity contribution is 7.90. The zero-order chi connectivity index (χ0) is 30.1. The molecule has 0 bridgehead atoms. The van der Waals surface area contributed by atoms with Gasteiger partial charge in [0.05, 0.1) is 11.0 Å². The predicted molar refractivity (Wildman–Crippen MR) is 172 cm³/mol. The molecular formula is C35H38N4O3S. The van der Waals surface area contributed by atoms with Gasteiger partial charge in [-0.2, -0.15) is 0 Å². The van der Waals surface area contributed by atoms with Gasteiger partial charge in [0.1, 0.15) is 0 Å². The summed E-state index contributed by atoms with van der Waals surface area (Å²) < 4.78 is 29.0. The molecule has 222 valence electrons. The lowest BCUT2D eigenvalue weighted by molar-refractivity contribution is 0.0668. The minimum Gasteiger partial charge on any atom is -0.392 e. The van der Waals surface area contributed by atoms with Crippen LogP contribution < -0.4 is 0 Å². The number of hydrogen-bond donors (Lipinski definition) is 1. The fourth-order valence-corrected chi connectivity index (χ4v) is 7.19. The molecule has 1 aliphatic rings. The summed E-state index contributed by atoms with van der Waals surface area (Å²) in [6.45, 7) is 5.28. The summed E-state index contributed by atoms with van der Waals surface area (Å²) in [5.41, 5.74) is 7.46. The van der Waals surface area contributed by atoms with Crippen LogP contribution in [0.1, 0.15) is 29.5 Å². The molecule has 0 spiro atoms. The smallest absolute Gasteiger partial charge is 0.269 e. The van der Waals surface area contributed by atoms with Crippen molar-refractivity contribution in [3.05, 3.63) is 108 Å². The largest absolute Gasteiger partial charge is 0.392 e. The van der Waals surface area contributed by atoms with Gasteiger partial charge in [0, 0.05) is 48.5 Å². The molecule has 1 N–H and O–H groups in total. The summed E-state index contributed by atoms with van der Waals surface area (Å²) in [5.74, 6) is 0. The standard InChI is InChI=1S/C35H38N4O3S/c1-25-6-16-32(17-7-25)43(41,42)39-24-34(29-14-10-26(11-15-29)21-37(2)3)33-19-30(20-36-35(33)39)28-12-8-27(9-13-28)22-38-18-4-5-31(40)23-38/h6-17,19-20,24,31,40H,4-5,18,21-23H2,1-3H3. The third-order valence-electron chi connectivity index (χ3n) is 8.13. The average Bonchev–Trinajstić information content (AvgIpc) is 3.38. The summed E-state index contributed by atoms with van der Waals surface area (Å²) in [7, 11) is 0.204. The molecule has 0 radical (unpaired) electrons. The van der Waals surface area contributed by atoms with Crippen LogP contribution in [-0.2, 0) is 23.1 Å². The number of fused-ring (bicyclic) bond motifs is 1. The van der Waals surface area contributed by atoms with Crippen LogP contribution in [0, 0.1) is 6.92 Å². The maximum atomic E-state index is 13.9. The van der Waals surface area contributed by atoms with Gasteiger partial charge >= 0.3 is 0 Å². The van der Waals surface area contributed by atoms with Gasteiger partial charge in [-0.1, -0.05) is 66.2 Å². The highest BCUT2D eigenvalue weighted by Crippen LogP contribution is 2.35. The molecule has 1 unspecified atom stereocenters. The second-order valence-electron chi connectivity index (χ2n) is 11.9. The normalized spacial score (nSPS) is 16.3. The number of rotatable bonds is 8. The number of nitrogens with zero attached hydrogens (tertiary/aromatic N) is 4. The van der Waals surface area contributed by atoms with E-state index in [2.05, 4.69) is 58.3 Å². The van der Waals surface area contributed by atoms with Gasteiger partial charge in [-0.05, 0) is 80.9 Å². The fraction of sp³-hybridized carbons (Fsp3) is 0.286. The maximum absolute atomic E-state index is 13.9. The SMILES string of the molecule is Cc1ccc(S(=O)(=O)n2cc(-c3ccc(CN(C)C)cc3)c3cc(-c4ccc(CN5CCCC(O)C5)cc4)cnc32)cc1. The number of aliphatic hydroxyl groups excluding tert-OH is 1. The van der Waals surface area contributed by atoms with Crippen LogP contribution in [0.4, 0.5) is 0 Å². The quantitative estimate of drug-likeness (QED) is 0.240. The van der Waals surface area contributed by atoms with Crippen molar-refractivity contribution in [1.29, 1.82) is 0 Å². The Labute approximate surface area is 254 Å². The van der Waals surface area contributed by atoms with Crippen molar-refractivity contribution in [3.8, 4) is 22.3 Å². The van der Waals surface area contributed by atoms with E-state index >= 15 is 0 Å². The van der Waals surface area contributed by atoms with Gasteiger partial charge in [-0.15, -0.1) is 0 Å². The number of pyridine rings is 1. The number of hydrogen-bond acceptors (Lipinski definition) is 6. The summed E-state index contributed by atoms with van der Waals surface area (Å²) >= 11 is 0. The van der Waals surface area contributed by atoms with E-state index in [1.807, 2.05) is 39.2 Å². The molecule has 0 aliphatic carbocycles. The minimum absolute atomic E-state index is 0.227. The van der Waals surface area contributed by atoms with E-state index in [0.717, 1.165) is 65.7 Å². The minimum atomic E-state index is -3.87. The van der Waals surface area contributed by atoms with Gasteiger partial charge < -0.3 is 10.0 Å². The van der Waals surface area contributed by atoms with Crippen molar-refractivity contribution in [2.24, 2.45) is 0 Å². The first-order chi connectivity index (χ1) is 20.7. The van der Waals surface area contributed by atoms with Gasteiger partial charge in [-0.3, -0.25) is 4.90 Å². The first-order valence-electron chi connectivity index (χ1n) is 14.7. The van der Waals surface area contributed by atoms with Crippen LogP contribution >= 0.6 is 0 Å². The van der Waals surface area contributed by atoms with E-state index in [-0.39, 0.29) is 11.0 Å². The van der Waals surface area contributed by atoms with Crippen molar-refractivity contribution < 1.29 is 13.5 Å². The van der Waals surface area contributed by atoms with Crippen LogP contribution in [-0.4, -0.2) is 65.6 Å². The van der Waals surface area contributed by atoms with Crippen molar-refractivity contribution in [2.45, 2.75) is 43.9 Å². The Morgan fingerprint density at radius 1 is 0.907 bits per heavy atom. The van der Waals surface area contributed by atoms with Crippen molar-refractivity contribution in [2.75, 3.05) is 27.2 Å². The molecule has 1 saturated heterocycles. The van der Waals surface area contributed by atoms with Gasteiger partial charge in [0.15, 0.2) is 5.65 Å². The van der Waals surface area contributed by atoms with E-state index < -0.39 is 10.0 Å². The van der Waals surface area contributed by atoms with Crippen LogP contribution in [0.15, 0.2) is 96.2 Å². The summed E-state index contributed by atoms with van der Waals surface area (Å²) in [4.78, 5) is 9.38. The highest BCUT2D eigenvalue weighted by Gasteiger charge is 2.23. The number of aromatic nitrogens is 2. The number of benzene rings is 3. The third kappa shape index (κ3) is 6.28. The lowest BCUT2D eigenvalue weighted by Gasteiger charge is -2.29. The van der Waals surface area contributed by atoms with E-state index in [1.54, 1.807) is 24.5 Å². The second-order valence-corrected chi connectivity index (χ2v) is 13.7. The van der Waals surface area contributed by atoms with E-state index in [0.29, 0.717) is 12.2 Å². The predicted octanol–water partition coefficient (Wildman–Crippen LogP) is 5.93. The van der Waals surface area contributed by atoms with E-state index in [1.165, 1.54) is 15.1 Å². The first kappa shape index (κ1) is 29.3. The monoisotopic (exact) mass is 594 g/mol. The molecule has 0 saturated carbocycles. The Kier molecular flexibility index (Phi) is 8.20. The van der Waals surface area contributed by atoms with E-state index in [4.69, 9.17) is 4.98 Å². The molecule has 5 aromatic rings. The molecule has 1 fully saturated rings. The molecule has 7 nitrogen and oxygen atoms in total. The van der Waals surface area contributed by atoms with Crippen molar-refractivity contribution >= 4 is 21.1 Å². The van der Waals surface area contributed by atoms with Gasteiger partial charge in [0.2, 0.25) is 0 Å². The summed E-state index contributed by atoms with van der Waals surface area (Å²) in [5, 5.41) is 10.8. The van der Waals surface area contributed by atoms with Gasteiger partial charge in [0.25, 0.3) is 10.0 Å². The Hall–Kier alpha value is -3.82. The van der Waals surface area contributed by atoms with Crippen LogP contribution in [0.3, 0.4) is 0 Å². The molecule has 3 aromatic carbocycles. The number of β-amino-alcohol motifs (C(OH)–C–C–N with tert-alkyl or cyclic N) is 1. The van der Waals surface area contributed by atoms with E-state index in [9.17, 15) is 13.5 Å². The zero-order valence-electron chi connectivity index (χ0n) is 24.9. The Morgan fingerprint density at radius 3 is 2.26 bits per heavy atom. The molecule has 1 aliphatic heterocycles. The Bertz CT molecular complexity index is 1830. The molecule has 3 heterocycles. The lowest BCUT2D eigenvalue weighted by atomic mass is 10.0. The topological polar surface area (TPSA) is 78.7 Å². The molecule has 8 heteroatoms. The Morgan fingerprint density at radius 2 is 1.58 bits per heavy atom. The molecule has 43 heavy (non-hydrogen) atoms. The molecule has 1 atom stereocenters. The summed E-state index contributed by atoms with van der Waals surface area (Å²) in [6.07, 6.45) is 5.11. The maximum Gasteiger partial charge on any atom is 0.269 e. The highest BCUT2D eigenvalue weighted by atomic mass is 32.2. The van der Waals surface area contributed by atoms with Crippen LogP contribution in [0.25, 0.3) is 33.3 Å². The Balaban J connectivity index is 1.40. The first-order valence-corrected chi connectivity index (χ1v) is 16.2. The number of likely N-dealkylation sites (tertiary alicyclic amines) is 1. The summed E-state index contributed by atoms with van der Waals surface area (Å²) in [6, 6.07) is 25.7. The molecule has 6 rings (SSSR count). The molecule has 2 aromatic heterocycles. The zero-order valence-corrected chi connectivity index (χ0v) is 25.8. The number of aryl methyl sites for hydroxylation is 1. The fourth-order valence-electron chi connectivity index (χ4n) is 5.86. The second kappa shape index (κ2) is 12.1. The third-order valence-corrected chi connectivity index (χ3v) is 9.79. The number of piperidine rings is 1. The lowest BCUT2D eigenvalue weighted by Crippen LogP contribution is -2.37. The van der Waals surface area contributed by atoms with Crippen LogP contribution in [0.2, 0.25) is 0 Å².